The molecular weight excluding hydrogens is 384 g/mol. The number of hydrogen-bond donors (Lipinski definition) is 0. The Morgan fingerprint density at radius 1 is 1.13 bits per heavy atom. The van der Waals surface area contributed by atoms with Gasteiger partial charge in [0.25, 0.3) is 0 Å². The molecule has 3 rings (SSSR count). The van der Waals surface area contributed by atoms with Gasteiger partial charge in [0.05, 0.1) is 0 Å². The fourth-order valence-corrected chi connectivity index (χ4v) is 3.36. The summed E-state index contributed by atoms with van der Waals surface area (Å²) in [6.45, 7) is 6.55. The topological polar surface area (TPSA) is 83.6 Å². The van der Waals surface area contributed by atoms with Gasteiger partial charge in [-0.25, -0.2) is 9.78 Å². The van der Waals surface area contributed by atoms with Crippen molar-refractivity contribution in [3.63, 3.8) is 0 Å². The van der Waals surface area contributed by atoms with E-state index < -0.39 is 5.97 Å². The van der Waals surface area contributed by atoms with Crippen LogP contribution in [0.5, 0.6) is 0 Å². The Labute approximate surface area is 175 Å². The first-order valence-electron chi connectivity index (χ1n) is 9.81. The second kappa shape index (κ2) is 9.54. The first-order chi connectivity index (χ1) is 14.4. The van der Waals surface area contributed by atoms with E-state index in [2.05, 4.69) is 9.55 Å². The highest BCUT2D eigenvalue weighted by Crippen LogP contribution is 2.22. The molecule has 0 amide bonds. The van der Waals surface area contributed by atoms with E-state index in [9.17, 15) is 9.59 Å². The molecule has 0 aliphatic rings. The van der Waals surface area contributed by atoms with Crippen molar-refractivity contribution in [1.29, 1.82) is 0 Å². The molecule has 0 radical (unpaired) electrons. The van der Waals surface area contributed by atoms with Gasteiger partial charge in [0, 0.05) is 42.8 Å². The van der Waals surface area contributed by atoms with Crippen molar-refractivity contribution in [3.8, 4) is 11.5 Å². The van der Waals surface area contributed by atoms with Crippen LogP contribution in [0.2, 0.25) is 0 Å². The molecule has 30 heavy (non-hydrogen) atoms. The van der Waals surface area contributed by atoms with Gasteiger partial charge in [-0.05, 0) is 45.4 Å². The van der Waals surface area contributed by atoms with Gasteiger partial charge in [-0.2, -0.15) is 0 Å². The standard InChI is InChI=1S/C23H26N2O5/c1-15-13-19(16(2)25(15)11-8-12-28-4)20(26)14-29-23(27)21-17(3)30-22(24-21)18-9-6-5-7-10-18/h5-7,9-10,13H,8,11-12,14H2,1-4H3. The number of carbonyl (C=O) groups excluding carboxylic acids is 2. The lowest BCUT2D eigenvalue weighted by Crippen LogP contribution is -2.16. The van der Waals surface area contributed by atoms with Crippen LogP contribution >= 0.6 is 0 Å². The number of esters is 1. The molecule has 2 heterocycles. The Morgan fingerprint density at radius 3 is 2.57 bits per heavy atom. The number of ketones is 1. The van der Waals surface area contributed by atoms with Crippen LogP contribution in [0.3, 0.4) is 0 Å². The monoisotopic (exact) mass is 410 g/mol. The molecule has 2 aromatic heterocycles. The highest BCUT2D eigenvalue weighted by molar-refractivity contribution is 6.00. The number of carbonyl (C=O) groups is 2. The van der Waals surface area contributed by atoms with Crippen molar-refractivity contribution in [2.45, 2.75) is 33.7 Å². The van der Waals surface area contributed by atoms with Gasteiger partial charge in [-0.15, -0.1) is 0 Å². The van der Waals surface area contributed by atoms with Crippen LogP contribution in [0.25, 0.3) is 11.5 Å². The zero-order valence-corrected chi connectivity index (χ0v) is 17.7. The molecule has 0 aliphatic heterocycles. The first-order valence-corrected chi connectivity index (χ1v) is 9.81. The smallest absolute Gasteiger partial charge is 0.361 e. The average molecular weight is 410 g/mol. The van der Waals surface area contributed by atoms with E-state index in [0.29, 0.717) is 23.8 Å². The third-order valence-corrected chi connectivity index (χ3v) is 4.95. The molecule has 7 heteroatoms. The van der Waals surface area contributed by atoms with Crippen molar-refractivity contribution < 1.29 is 23.5 Å². The molecule has 0 fully saturated rings. The van der Waals surface area contributed by atoms with Gasteiger partial charge in [0.2, 0.25) is 11.7 Å². The molecule has 0 atom stereocenters. The Kier molecular flexibility index (Phi) is 6.84. The fourth-order valence-electron chi connectivity index (χ4n) is 3.36. The highest BCUT2D eigenvalue weighted by Gasteiger charge is 2.22. The molecule has 0 bridgehead atoms. The number of ether oxygens (including phenoxy) is 2. The van der Waals surface area contributed by atoms with Gasteiger partial charge in [-0.3, -0.25) is 4.79 Å². The maximum atomic E-state index is 12.6. The molecule has 1 aromatic carbocycles. The second-order valence-electron chi connectivity index (χ2n) is 7.07. The van der Waals surface area contributed by atoms with E-state index in [4.69, 9.17) is 13.9 Å². The third kappa shape index (κ3) is 4.68. The molecule has 158 valence electrons. The Bertz CT molecular complexity index is 1030. The van der Waals surface area contributed by atoms with E-state index >= 15 is 0 Å². The summed E-state index contributed by atoms with van der Waals surface area (Å²) in [5, 5.41) is 0. The Morgan fingerprint density at radius 2 is 1.87 bits per heavy atom. The van der Waals surface area contributed by atoms with Crippen LogP contribution in [0.15, 0.2) is 40.8 Å². The summed E-state index contributed by atoms with van der Waals surface area (Å²) < 4.78 is 18.0. The summed E-state index contributed by atoms with van der Waals surface area (Å²) in [6, 6.07) is 11.1. The van der Waals surface area contributed by atoms with E-state index in [1.165, 1.54) is 0 Å². The molecule has 0 saturated heterocycles. The van der Waals surface area contributed by atoms with E-state index in [1.807, 2.05) is 50.2 Å². The van der Waals surface area contributed by atoms with Crippen LogP contribution in [0.1, 0.15) is 44.4 Å². The maximum absolute atomic E-state index is 12.6. The molecular formula is C23H26N2O5. The van der Waals surface area contributed by atoms with E-state index in [1.54, 1.807) is 14.0 Å². The van der Waals surface area contributed by atoms with Gasteiger partial charge in [0.15, 0.2) is 12.3 Å². The number of Topliss-reactive ketones (excluding diaryl/α,β-unsaturated/α-hetero) is 1. The predicted molar refractivity (Wildman–Crippen MR) is 112 cm³/mol. The van der Waals surface area contributed by atoms with Crippen molar-refractivity contribution in [1.82, 2.24) is 9.55 Å². The summed E-state index contributed by atoms with van der Waals surface area (Å²) in [4.78, 5) is 29.4. The lowest BCUT2D eigenvalue weighted by Gasteiger charge is -2.09. The number of benzene rings is 1. The third-order valence-electron chi connectivity index (χ3n) is 4.95. The summed E-state index contributed by atoms with van der Waals surface area (Å²) in [5.41, 5.74) is 3.23. The van der Waals surface area contributed by atoms with Gasteiger partial charge >= 0.3 is 5.97 Å². The lowest BCUT2D eigenvalue weighted by molar-refractivity contribution is 0.0467. The van der Waals surface area contributed by atoms with Crippen LogP contribution < -0.4 is 0 Å². The first kappa shape index (κ1) is 21.5. The molecule has 0 spiro atoms. The molecule has 0 N–H and O–H groups in total. The number of rotatable bonds is 9. The van der Waals surface area contributed by atoms with Crippen molar-refractivity contribution in [2.75, 3.05) is 20.3 Å². The summed E-state index contributed by atoms with van der Waals surface area (Å²) in [6.07, 6.45) is 0.852. The number of oxazole rings is 1. The Hall–Kier alpha value is -3.19. The average Bonchev–Trinajstić information content (AvgIpc) is 3.27. The minimum atomic E-state index is -0.680. The van der Waals surface area contributed by atoms with Crippen LogP contribution in [-0.4, -0.2) is 41.6 Å². The van der Waals surface area contributed by atoms with E-state index in [-0.39, 0.29) is 18.1 Å². The summed E-state index contributed by atoms with van der Waals surface area (Å²) in [5.74, 6) is -0.242. The largest absolute Gasteiger partial charge is 0.452 e. The number of hydrogen-bond acceptors (Lipinski definition) is 6. The second-order valence-corrected chi connectivity index (χ2v) is 7.07. The maximum Gasteiger partial charge on any atom is 0.361 e. The van der Waals surface area contributed by atoms with Gasteiger partial charge < -0.3 is 18.5 Å². The normalized spacial score (nSPS) is 10.9. The van der Waals surface area contributed by atoms with Gasteiger partial charge in [-0.1, -0.05) is 18.2 Å². The molecule has 3 aromatic rings. The number of nitrogens with zero attached hydrogens (tertiary/aromatic N) is 2. The van der Waals surface area contributed by atoms with Crippen molar-refractivity contribution >= 4 is 11.8 Å². The minimum Gasteiger partial charge on any atom is -0.452 e. The highest BCUT2D eigenvalue weighted by atomic mass is 16.5. The SMILES string of the molecule is COCCCn1c(C)cc(C(=O)COC(=O)c2nc(-c3ccccc3)oc2C)c1C. The number of aromatic nitrogens is 2. The zero-order valence-electron chi connectivity index (χ0n) is 17.7. The predicted octanol–water partition coefficient (Wildman–Crippen LogP) is 4.14. The zero-order chi connectivity index (χ0) is 21.7. The summed E-state index contributed by atoms with van der Waals surface area (Å²) >= 11 is 0. The fraction of sp³-hybridized carbons (Fsp3) is 0.348. The van der Waals surface area contributed by atoms with Gasteiger partial charge in [0.1, 0.15) is 5.76 Å². The van der Waals surface area contributed by atoms with E-state index in [0.717, 1.165) is 29.9 Å². The van der Waals surface area contributed by atoms with Crippen molar-refractivity contribution in [3.05, 3.63) is 64.8 Å². The lowest BCUT2D eigenvalue weighted by atomic mass is 10.1. The molecule has 0 saturated carbocycles. The van der Waals surface area contributed by atoms with Crippen LogP contribution in [0.4, 0.5) is 0 Å². The number of methoxy groups -OCH3 is 1. The number of aryl methyl sites for hydroxylation is 2. The van der Waals surface area contributed by atoms with Crippen LogP contribution in [-0.2, 0) is 16.0 Å². The van der Waals surface area contributed by atoms with Crippen LogP contribution in [0, 0.1) is 20.8 Å². The van der Waals surface area contributed by atoms with Crippen molar-refractivity contribution in [2.24, 2.45) is 0 Å². The molecule has 0 unspecified atom stereocenters. The molecule has 0 aliphatic carbocycles. The minimum absolute atomic E-state index is 0.0756. The molecule has 7 nitrogen and oxygen atoms in total. The Balaban J connectivity index is 1.66. The summed E-state index contributed by atoms with van der Waals surface area (Å²) in [7, 11) is 1.66. The quantitative estimate of drug-likeness (QED) is 0.299.